The fourth-order valence-electron chi connectivity index (χ4n) is 2.32. The first-order chi connectivity index (χ1) is 9.31. The summed E-state index contributed by atoms with van der Waals surface area (Å²) in [5.74, 6) is 6.40. The van der Waals surface area contributed by atoms with Gasteiger partial charge in [-0.1, -0.05) is 29.5 Å². The van der Waals surface area contributed by atoms with E-state index in [0.29, 0.717) is 0 Å². The minimum Gasteiger partial charge on any atom is -0.349 e. The van der Waals surface area contributed by atoms with Crippen LogP contribution in [0.5, 0.6) is 0 Å². The van der Waals surface area contributed by atoms with E-state index in [1.54, 1.807) is 0 Å². The molecule has 0 aliphatic carbocycles. The lowest BCUT2D eigenvalue weighted by Gasteiger charge is -2.26. The van der Waals surface area contributed by atoms with Crippen LogP contribution in [0.2, 0.25) is 5.02 Å². The Morgan fingerprint density at radius 3 is 3.00 bits per heavy atom. The van der Waals surface area contributed by atoms with Gasteiger partial charge in [0, 0.05) is 42.1 Å². The summed E-state index contributed by atoms with van der Waals surface area (Å²) in [5, 5.41) is 0.739. The Labute approximate surface area is 118 Å². The molecule has 0 fully saturated rings. The number of nitrogens with zero attached hydrogens (tertiary/aromatic N) is 2. The highest BCUT2D eigenvalue weighted by atomic mass is 35.5. The Kier molecular flexibility index (Phi) is 3.59. The molecule has 1 aromatic carbocycles. The van der Waals surface area contributed by atoms with Crippen LogP contribution < -0.4 is 0 Å². The summed E-state index contributed by atoms with van der Waals surface area (Å²) >= 11 is 5.94. The highest BCUT2D eigenvalue weighted by Gasteiger charge is 2.13. The fraction of sp³-hybridized carbons (Fsp3) is 0.250. The predicted molar refractivity (Wildman–Crippen MR) is 78.0 cm³/mol. The molecule has 3 rings (SSSR count). The number of rotatable bonds is 1. The van der Waals surface area contributed by atoms with Crippen molar-refractivity contribution in [1.29, 1.82) is 0 Å². The molecule has 0 saturated carbocycles. The largest absolute Gasteiger partial charge is 0.349 e. The predicted octanol–water partition coefficient (Wildman–Crippen LogP) is 3.01. The summed E-state index contributed by atoms with van der Waals surface area (Å²) in [6, 6.07) is 12.0. The van der Waals surface area contributed by atoms with Gasteiger partial charge in [-0.2, -0.15) is 0 Å². The van der Waals surface area contributed by atoms with E-state index >= 15 is 0 Å². The Balaban J connectivity index is 1.62. The van der Waals surface area contributed by atoms with Crippen LogP contribution in [0, 0.1) is 11.8 Å². The van der Waals surface area contributed by atoms with Gasteiger partial charge in [0.1, 0.15) is 0 Å². The molecule has 0 atom stereocenters. The number of hydrogen-bond acceptors (Lipinski definition) is 1. The number of halogens is 1. The van der Waals surface area contributed by atoms with Crippen molar-refractivity contribution < 1.29 is 0 Å². The van der Waals surface area contributed by atoms with Gasteiger partial charge in [-0.3, -0.25) is 4.90 Å². The van der Waals surface area contributed by atoms with Gasteiger partial charge in [0.05, 0.1) is 6.54 Å². The molecule has 1 aliphatic rings. The third-order valence-corrected chi connectivity index (χ3v) is 3.56. The maximum atomic E-state index is 5.94. The van der Waals surface area contributed by atoms with E-state index in [4.69, 9.17) is 11.6 Å². The Morgan fingerprint density at radius 2 is 2.11 bits per heavy atom. The lowest BCUT2D eigenvalue weighted by Crippen LogP contribution is -2.33. The monoisotopic (exact) mass is 270 g/mol. The molecule has 3 heteroatoms. The van der Waals surface area contributed by atoms with Crippen LogP contribution in [0.1, 0.15) is 11.3 Å². The maximum Gasteiger partial charge on any atom is 0.0609 e. The molecular weight excluding hydrogens is 256 g/mol. The van der Waals surface area contributed by atoms with Crippen molar-refractivity contribution in [1.82, 2.24) is 9.47 Å². The van der Waals surface area contributed by atoms with Gasteiger partial charge in [0.15, 0.2) is 0 Å². The minimum atomic E-state index is 0.739. The van der Waals surface area contributed by atoms with E-state index in [2.05, 4.69) is 39.6 Å². The lowest BCUT2D eigenvalue weighted by molar-refractivity contribution is 0.247. The van der Waals surface area contributed by atoms with Gasteiger partial charge in [-0.25, -0.2) is 0 Å². The third-order valence-electron chi connectivity index (χ3n) is 3.33. The Hall–Kier alpha value is -1.69. The van der Waals surface area contributed by atoms with Crippen molar-refractivity contribution in [3.05, 3.63) is 58.9 Å². The summed E-state index contributed by atoms with van der Waals surface area (Å²) in [5.41, 5.74) is 2.35. The molecule has 0 bridgehead atoms. The number of hydrogen-bond donors (Lipinski definition) is 0. The van der Waals surface area contributed by atoms with Crippen LogP contribution in [-0.2, 0) is 13.1 Å². The zero-order valence-electron chi connectivity index (χ0n) is 10.6. The average Bonchev–Trinajstić information content (AvgIpc) is 2.86. The van der Waals surface area contributed by atoms with Crippen LogP contribution in [0.25, 0.3) is 0 Å². The molecule has 0 unspecified atom stereocenters. The molecule has 0 spiro atoms. The first-order valence-electron chi connectivity index (χ1n) is 6.42. The van der Waals surface area contributed by atoms with E-state index in [1.165, 1.54) is 5.69 Å². The summed E-state index contributed by atoms with van der Waals surface area (Å²) in [7, 11) is 0. The van der Waals surface area contributed by atoms with Crippen molar-refractivity contribution in [3.8, 4) is 11.8 Å². The highest BCUT2D eigenvalue weighted by Crippen LogP contribution is 2.12. The molecule has 2 nitrogen and oxygen atoms in total. The molecule has 2 heterocycles. The Morgan fingerprint density at radius 1 is 1.16 bits per heavy atom. The van der Waals surface area contributed by atoms with Gasteiger partial charge < -0.3 is 4.57 Å². The van der Waals surface area contributed by atoms with E-state index in [-0.39, 0.29) is 0 Å². The van der Waals surface area contributed by atoms with Crippen LogP contribution in [0.4, 0.5) is 0 Å². The number of aromatic nitrogens is 1. The van der Waals surface area contributed by atoms with Crippen molar-refractivity contribution in [2.75, 3.05) is 13.1 Å². The third kappa shape index (κ3) is 3.01. The molecule has 1 aliphatic heterocycles. The van der Waals surface area contributed by atoms with Crippen molar-refractivity contribution >= 4 is 11.6 Å². The second-order valence-electron chi connectivity index (χ2n) is 4.72. The summed E-state index contributed by atoms with van der Waals surface area (Å²) in [6.07, 6.45) is 2.14. The molecule has 0 amide bonds. The zero-order chi connectivity index (χ0) is 13.1. The van der Waals surface area contributed by atoms with Gasteiger partial charge in [-0.05, 0) is 30.3 Å². The fourth-order valence-corrected chi connectivity index (χ4v) is 2.51. The quantitative estimate of drug-likeness (QED) is 0.723. The first kappa shape index (κ1) is 12.3. The second-order valence-corrected chi connectivity index (χ2v) is 5.15. The Bertz CT molecular complexity index is 633. The average molecular weight is 271 g/mol. The molecule has 1 aromatic heterocycles. The summed E-state index contributed by atoms with van der Waals surface area (Å²) in [4.78, 5) is 2.37. The topological polar surface area (TPSA) is 8.17 Å². The SMILES string of the molecule is Clc1cccc(C#CCN2CCn3cccc3C2)c1. The van der Waals surface area contributed by atoms with E-state index in [9.17, 15) is 0 Å². The van der Waals surface area contributed by atoms with Gasteiger partial charge in [0.25, 0.3) is 0 Å². The van der Waals surface area contributed by atoms with Crippen molar-refractivity contribution in [3.63, 3.8) is 0 Å². The van der Waals surface area contributed by atoms with Crippen LogP contribution in [-0.4, -0.2) is 22.6 Å². The lowest BCUT2D eigenvalue weighted by atomic mass is 10.2. The standard InChI is InChI=1S/C16H15ClN2/c17-15-6-1-4-14(12-15)5-2-8-18-10-11-19-9-3-7-16(19)13-18/h1,3-4,6-7,9,12H,8,10-11,13H2. The smallest absolute Gasteiger partial charge is 0.0609 e. The number of benzene rings is 1. The van der Waals surface area contributed by atoms with Gasteiger partial charge >= 0.3 is 0 Å². The second kappa shape index (κ2) is 5.52. The number of fused-ring (bicyclic) bond motifs is 1. The molecule has 2 aromatic rings. The van der Waals surface area contributed by atoms with Crippen LogP contribution in [0.15, 0.2) is 42.6 Å². The molecule has 0 N–H and O–H groups in total. The normalized spacial score (nSPS) is 14.6. The molecule has 0 radical (unpaired) electrons. The zero-order valence-corrected chi connectivity index (χ0v) is 11.4. The maximum absolute atomic E-state index is 5.94. The van der Waals surface area contributed by atoms with E-state index in [1.807, 2.05) is 24.3 Å². The molecule has 96 valence electrons. The van der Waals surface area contributed by atoms with E-state index < -0.39 is 0 Å². The molecular formula is C16H15ClN2. The highest BCUT2D eigenvalue weighted by molar-refractivity contribution is 6.30. The van der Waals surface area contributed by atoms with Crippen molar-refractivity contribution in [2.45, 2.75) is 13.1 Å². The van der Waals surface area contributed by atoms with Crippen LogP contribution >= 0.6 is 11.6 Å². The molecule has 0 saturated heterocycles. The summed E-state index contributed by atoms with van der Waals surface area (Å²) < 4.78 is 2.31. The van der Waals surface area contributed by atoms with E-state index in [0.717, 1.165) is 36.8 Å². The van der Waals surface area contributed by atoms with Crippen LogP contribution in [0.3, 0.4) is 0 Å². The minimum absolute atomic E-state index is 0.739. The summed E-state index contributed by atoms with van der Waals surface area (Å²) in [6.45, 7) is 3.90. The van der Waals surface area contributed by atoms with Gasteiger partial charge in [0.2, 0.25) is 0 Å². The molecule has 19 heavy (non-hydrogen) atoms. The first-order valence-corrected chi connectivity index (χ1v) is 6.80. The van der Waals surface area contributed by atoms with Gasteiger partial charge in [-0.15, -0.1) is 0 Å². The van der Waals surface area contributed by atoms with Crippen molar-refractivity contribution in [2.24, 2.45) is 0 Å².